The van der Waals surface area contributed by atoms with E-state index in [4.69, 9.17) is 17.3 Å². The minimum atomic E-state index is -0.833. The van der Waals surface area contributed by atoms with Crippen molar-refractivity contribution in [3.05, 3.63) is 28.8 Å². The molecule has 0 radical (unpaired) electrons. The van der Waals surface area contributed by atoms with Gasteiger partial charge in [-0.05, 0) is 44.0 Å². The minimum absolute atomic E-state index is 0.162. The molecule has 0 saturated carbocycles. The van der Waals surface area contributed by atoms with E-state index >= 15 is 0 Å². The maximum Gasteiger partial charge on any atom is 0.244 e. The molecule has 0 spiro atoms. The summed E-state index contributed by atoms with van der Waals surface area (Å²) < 4.78 is 0. The van der Waals surface area contributed by atoms with Crippen molar-refractivity contribution < 1.29 is 4.79 Å². The fourth-order valence-corrected chi connectivity index (χ4v) is 1.89. The highest BCUT2D eigenvalue weighted by Gasteiger charge is 2.27. The molecular formula is C13H19ClN2O. The van der Waals surface area contributed by atoms with Gasteiger partial charge in [-0.2, -0.15) is 0 Å². The molecule has 1 aromatic carbocycles. The van der Waals surface area contributed by atoms with E-state index < -0.39 is 5.54 Å². The minimum Gasteiger partial charge on any atom is -0.324 e. The fraction of sp³-hybridized carbons (Fsp3) is 0.462. The number of amides is 1. The van der Waals surface area contributed by atoms with Gasteiger partial charge in [-0.15, -0.1) is 0 Å². The second-order valence-corrected chi connectivity index (χ2v) is 5.02. The van der Waals surface area contributed by atoms with Crippen LogP contribution in [-0.4, -0.2) is 11.4 Å². The standard InChI is InChI=1S/C13H19ClN2O/c1-4-7-13(3,15)12(17)16-11-6-5-10(14)8-9(11)2/h5-6,8H,4,7,15H2,1-3H3,(H,16,17). The number of nitrogens with one attached hydrogen (secondary N) is 1. The van der Waals surface area contributed by atoms with Crippen LogP contribution in [0.1, 0.15) is 32.3 Å². The second-order valence-electron chi connectivity index (χ2n) is 4.58. The molecule has 1 aromatic rings. The number of rotatable bonds is 4. The number of carbonyl (C=O) groups excluding carboxylic acids is 1. The molecule has 3 nitrogen and oxygen atoms in total. The van der Waals surface area contributed by atoms with E-state index in [1.165, 1.54) is 0 Å². The van der Waals surface area contributed by atoms with E-state index in [1.807, 2.05) is 19.9 Å². The van der Waals surface area contributed by atoms with E-state index in [1.54, 1.807) is 19.1 Å². The molecule has 0 saturated heterocycles. The quantitative estimate of drug-likeness (QED) is 0.868. The topological polar surface area (TPSA) is 55.1 Å². The lowest BCUT2D eigenvalue weighted by Crippen LogP contribution is -2.48. The van der Waals surface area contributed by atoms with Crippen molar-refractivity contribution in [2.24, 2.45) is 5.73 Å². The first-order valence-electron chi connectivity index (χ1n) is 5.73. The van der Waals surface area contributed by atoms with Crippen LogP contribution < -0.4 is 11.1 Å². The SMILES string of the molecule is CCCC(C)(N)C(=O)Nc1ccc(Cl)cc1C. The average Bonchev–Trinajstić information content (AvgIpc) is 2.22. The maximum atomic E-state index is 12.0. The third kappa shape index (κ3) is 3.72. The Hall–Kier alpha value is -1.06. The zero-order valence-corrected chi connectivity index (χ0v) is 11.3. The van der Waals surface area contributed by atoms with Gasteiger partial charge in [0.25, 0.3) is 0 Å². The summed E-state index contributed by atoms with van der Waals surface area (Å²) in [5.74, 6) is -0.162. The third-order valence-corrected chi connectivity index (χ3v) is 2.96. The highest BCUT2D eigenvalue weighted by atomic mass is 35.5. The summed E-state index contributed by atoms with van der Waals surface area (Å²) in [5, 5.41) is 3.50. The largest absolute Gasteiger partial charge is 0.324 e. The smallest absolute Gasteiger partial charge is 0.244 e. The van der Waals surface area contributed by atoms with Crippen molar-refractivity contribution in [1.29, 1.82) is 0 Å². The van der Waals surface area contributed by atoms with Gasteiger partial charge in [-0.3, -0.25) is 4.79 Å². The molecule has 0 aliphatic heterocycles. The Morgan fingerprint density at radius 1 is 1.53 bits per heavy atom. The number of halogens is 1. The summed E-state index contributed by atoms with van der Waals surface area (Å²) in [5.41, 5.74) is 6.81. The van der Waals surface area contributed by atoms with E-state index in [9.17, 15) is 4.79 Å². The van der Waals surface area contributed by atoms with Crippen molar-refractivity contribution in [1.82, 2.24) is 0 Å². The Labute approximate surface area is 107 Å². The molecule has 17 heavy (non-hydrogen) atoms. The molecule has 0 heterocycles. The van der Waals surface area contributed by atoms with Crippen molar-refractivity contribution in [3.8, 4) is 0 Å². The Balaban J connectivity index is 2.81. The van der Waals surface area contributed by atoms with Crippen molar-refractivity contribution in [3.63, 3.8) is 0 Å². The van der Waals surface area contributed by atoms with Crippen LogP contribution in [0.2, 0.25) is 5.02 Å². The van der Waals surface area contributed by atoms with Crippen LogP contribution in [0.15, 0.2) is 18.2 Å². The molecule has 94 valence electrons. The number of aryl methyl sites for hydroxylation is 1. The Morgan fingerprint density at radius 2 is 2.18 bits per heavy atom. The molecule has 1 unspecified atom stereocenters. The number of anilines is 1. The highest BCUT2D eigenvalue weighted by molar-refractivity contribution is 6.30. The van der Waals surface area contributed by atoms with Crippen molar-refractivity contribution >= 4 is 23.2 Å². The lowest BCUT2D eigenvalue weighted by molar-refractivity contribution is -0.120. The van der Waals surface area contributed by atoms with Crippen LogP contribution in [0.25, 0.3) is 0 Å². The van der Waals surface area contributed by atoms with Gasteiger partial charge in [-0.25, -0.2) is 0 Å². The monoisotopic (exact) mass is 254 g/mol. The van der Waals surface area contributed by atoms with Gasteiger partial charge in [0.2, 0.25) is 5.91 Å². The molecule has 4 heteroatoms. The molecule has 1 rings (SSSR count). The van der Waals surface area contributed by atoms with E-state index in [0.717, 1.165) is 17.7 Å². The summed E-state index contributed by atoms with van der Waals surface area (Å²) >= 11 is 5.86. The van der Waals surface area contributed by atoms with Crippen LogP contribution in [0.3, 0.4) is 0 Å². The molecule has 1 atom stereocenters. The molecule has 1 amide bonds. The van der Waals surface area contributed by atoms with Gasteiger partial charge in [-0.1, -0.05) is 24.9 Å². The van der Waals surface area contributed by atoms with Crippen molar-refractivity contribution in [2.45, 2.75) is 39.2 Å². The van der Waals surface area contributed by atoms with Crippen LogP contribution in [-0.2, 0) is 4.79 Å². The highest BCUT2D eigenvalue weighted by Crippen LogP contribution is 2.21. The van der Waals surface area contributed by atoms with Crippen LogP contribution >= 0.6 is 11.6 Å². The summed E-state index contributed by atoms with van der Waals surface area (Å²) in [7, 11) is 0. The zero-order valence-electron chi connectivity index (χ0n) is 10.5. The van der Waals surface area contributed by atoms with Gasteiger partial charge >= 0.3 is 0 Å². The molecule has 0 aromatic heterocycles. The summed E-state index contributed by atoms with van der Waals surface area (Å²) in [4.78, 5) is 12.0. The van der Waals surface area contributed by atoms with Gasteiger partial charge in [0.1, 0.15) is 0 Å². The first-order valence-corrected chi connectivity index (χ1v) is 6.11. The second kappa shape index (κ2) is 5.52. The number of nitrogens with two attached hydrogens (primary N) is 1. The zero-order chi connectivity index (χ0) is 13.1. The molecule has 0 aliphatic carbocycles. The lowest BCUT2D eigenvalue weighted by Gasteiger charge is -2.23. The van der Waals surface area contributed by atoms with E-state index in [2.05, 4.69) is 5.32 Å². The predicted molar refractivity (Wildman–Crippen MR) is 72.3 cm³/mol. The number of hydrogen-bond donors (Lipinski definition) is 2. The Morgan fingerprint density at radius 3 is 2.71 bits per heavy atom. The Kier molecular flexibility index (Phi) is 4.54. The number of hydrogen-bond acceptors (Lipinski definition) is 2. The average molecular weight is 255 g/mol. The van der Waals surface area contributed by atoms with Gasteiger partial charge in [0.15, 0.2) is 0 Å². The molecule has 0 fully saturated rings. The maximum absolute atomic E-state index is 12.0. The first-order chi connectivity index (χ1) is 7.86. The molecule has 0 aliphatic rings. The molecular weight excluding hydrogens is 236 g/mol. The summed E-state index contributed by atoms with van der Waals surface area (Å²) in [6.07, 6.45) is 1.53. The van der Waals surface area contributed by atoms with Gasteiger partial charge in [0.05, 0.1) is 5.54 Å². The van der Waals surface area contributed by atoms with Crippen LogP contribution in [0.4, 0.5) is 5.69 Å². The number of benzene rings is 1. The predicted octanol–water partition coefficient (Wildman–Crippen LogP) is 3.10. The third-order valence-electron chi connectivity index (χ3n) is 2.72. The Bertz CT molecular complexity index is 416. The van der Waals surface area contributed by atoms with Gasteiger partial charge < -0.3 is 11.1 Å². The molecule has 3 N–H and O–H groups in total. The first kappa shape index (κ1) is 14.0. The number of carbonyl (C=O) groups is 1. The van der Waals surface area contributed by atoms with Crippen molar-refractivity contribution in [2.75, 3.05) is 5.32 Å². The fourth-order valence-electron chi connectivity index (χ4n) is 1.67. The van der Waals surface area contributed by atoms with Crippen LogP contribution in [0.5, 0.6) is 0 Å². The van der Waals surface area contributed by atoms with Gasteiger partial charge in [0, 0.05) is 10.7 Å². The summed E-state index contributed by atoms with van der Waals surface area (Å²) in [6, 6.07) is 5.35. The lowest BCUT2D eigenvalue weighted by atomic mass is 9.96. The van der Waals surface area contributed by atoms with E-state index in [-0.39, 0.29) is 5.91 Å². The summed E-state index contributed by atoms with van der Waals surface area (Å²) in [6.45, 7) is 5.65. The van der Waals surface area contributed by atoms with Crippen LogP contribution in [0, 0.1) is 6.92 Å². The van der Waals surface area contributed by atoms with E-state index in [0.29, 0.717) is 11.4 Å². The normalized spacial score (nSPS) is 14.2. The molecule has 0 bridgehead atoms.